The number of anilines is 2. The number of nitrogens with zero attached hydrogens (tertiary/aromatic N) is 4. The summed E-state index contributed by atoms with van der Waals surface area (Å²) in [5.41, 5.74) is 1.81. The van der Waals surface area contributed by atoms with Crippen molar-refractivity contribution in [1.29, 1.82) is 0 Å². The van der Waals surface area contributed by atoms with Crippen molar-refractivity contribution in [2.75, 3.05) is 23.3 Å². The van der Waals surface area contributed by atoms with Crippen molar-refractivity contribution in [2.24, 2.45) is 0 Å². The molecule has 1 amide bonds. The van der Waals surface area contributed by atoms with Crippen molar-refractivity contribution < 1.29 is 9.18 Å². The maximum atomic E-state index is 13.7. The van der Waals surface area contributed by atoms with Crippen LogP contribution >= 0.6 is 0 Å². The van der Waals surface area contributed by atoms with Gasteiger partial charge in [0.05, 0.1) is 28.8 Å². The fourth-order valence-corrected chi connectivity index (χ4v) is 2.68. The van der Waals surface area contributed by atoms with E-state index in [4.69, 9.17) is 0 Å². The Morgan fingerprint density at radius 1 is 1.22 bits per heavy atom. The van der Waals surface area contributed by atoms with Crippen LogP contribution in [0, 0.1) is 19.7 Å². The maximum absolute atomic E-state index is 13.7. The minimum Gasteiger partial charge on any atom is -0.341 e. The topological polar surface area (TPSA) is 71.0 Å². The molecule has 7 heteroatoms. The standard InChI is InChI=1S/C16H18FN5O/c1-10-14(21-15(23)12-5-6-18-9-13(12)17)11(2)20-16(19-10)22-7-3-4-8-22/h5-6,9H,3-4,7-8H2,1-2H3,(H,21,23). The number of amides is 1. The predicted octanol–water partition coefficient (Wildman–Crippen LogP) is 2.48. The highest BCUT2D eigenvalue weighted by atomic mass is 19.1. The summed E-state index contributed by atoms with van der Waals surface area (Å²) in [6.07, 6.45) is 4.68. The Morgan fingerprint density at radius 2 is 1.87 bits per heavy atom. The molecule has 1 aliphatic rings. The molecule has 1 fully saturated rings. The first-order valence-corrected chi connectivity index (χ1v) is 7.57. The van der Waals surface area contributed by atoms with E-state index < -0.39 is 11.7 Å². The van der Waals surface area contributed by atoms with Gasteiger partial charge in [-0.1, -0.05) is 0 Å². The summed E-state index contributed by atoms with van der Waals surface area (Å²) in [5, 5.41) is 2.70. The molecule has 1 aliphatic heterocycles. The SMILES string of the molecule is Cc1nc(N2CCCC2)nc(C)c1NC(=O)c1ccncc1F. The van der Waals surface area contributed by atoms with Crippen molar-refractivity contribution >= 4 is 17.5 Å². The van der Waals surface area contributed by atoms with Crippen molar-refractivity contribution in [3.8, 4) is 0 Å². The molecule has 0 bridgehead atoms. The van der Waals surface area contributed by atoms with Crippen LogP contribution in [0.1, 0.15) is 34.6 Å². The lowest BCUT2D eigenvalue weighted by atomic mass is 10.2. The number of aromatic nitrogens is 3. The molecule has 0 aromatic carbocycles. The number of hydrogen-bond acceptors (Lipinski definition) is 5. The fourth-order valence-electron chi connectivity index (χ4n) is 2.68. The monoisotopic (exact) mass is 315 g/mol. The molecule has 0 unspecified atom stereocenters. The molecule has 3 rings (SSSR count). The van der Waals surface area contributed by atoms with E-state index >= 15 is 0 Å². The molecule has 1 N–H and O–H groups in total. The summed E-state index contributed by atoms with van der Waals surface area (Å²) >= 11 is 0. The van der Waals surface area contributed by atoms with Gasteiger partial charge in [0, 0.05) is 19.3 Å². The fraction of sp³-hybridized carbons (Fsp3) is 0.375. The lowest BCUT2D eigenvalue weighted by Crippen LogP contribution is -2.23. The number of carbonyl (C=O) groups is 1. The van der Waals surface area contributed by atoms with Crippen molar-refractivity contribution in [3.05, 3.63) is 41.2 Å². The van der Waals surface area contributed by atoms with Crippen LogP contribution in [-0.2, 0) is 0 Å². The Hall–Kier alpha value is -2.57. The second kappa shape index (κ2) is 6.28. The van der Waals surface area contributed by atoms with E-state index in [1.54, 1.807) is 0 Å². The first-order valence-electron chi connectivity index (χ1n) is 7.57. The van der Waals surface area contributed by atoms with Gasteiger partial charge in [0.2, 0.25) is 5.95 Å². The molecule has 120 valence electrons. The molecule has 0 atom stereocenters. The molecular weight excluding hydrogens is 297 g/mol. The number of nitrogens with one attached hydrogen (secondary N) is 1. The third kappa shape index (κ3) is 3.13. The average Bonchev–Trinajstić information content (AvgIpc) is 3.05. The highest BCUT2D eigenvalue weighted by Crippen LogP contribution is 2.23. The Kier molecular flexibility index (Phi) is 4.18. The lowest BCUT2D eigenvalue weighted by molar-refractivity contribution is 0.102. The van der Waals surface area contributed by atoms with Crippen molar-refractivity contribution in [2.45, 2.75) is 26.7 Å². The Morgan fingerprint density at radius 3 is 2.48 bits per heavy atom. The summed E-state index contributed by atoms with van der Waals surface area (Å²) in [7, 11) is 0. The van der Waals surface area contributed by atoms with Gasteiger partial charge in [-0.2, -0.15) is 0 Å². The van der Waals surface area contributed by atoms with E-state index in [0.717, 1.165) is 32.1 Å². The molecule has 2 aromatic heterocycles. The summed E-state index contributed by atoms with van der Waals surface area (Å²) in [5.74, 6) is -0.505. The number of rotatable bonds is 3. The van der Waals surface area contributed by atoms with Crippen LogP contribution in [0.2, 0.25) is 0 Å². The quantitative estimate of drug-likeness (QED) is 0.942. The average molecular weight is 315 g/mol. The molecular formula is C16H18FN5O. The molecule has 0 radical (unpaired) electrons. The number of hydrogen-bond donors (Lipinski definition) is 1. The molecule has 2 aromatic rings. The molecule has 0 aliphatic carbocycles. The normalized spacial score (nSPS) is 14.1. The van der Waals surface area contributed by atoms with Crippen LogP contribution in [0.4, 0.5) is 16.0 Å². The highest BCUT2D eigenvalue weighted by Gasteiger charge is 2.19. The van der Waals surface area contributed by atoms with Gasteiger partial charge in [-0.25, -0.2) is 14.4 Å². The zero-order valence-corrected chi connectivity index (χ0v) is 13.1. The zero-order chi connectivity index (χ0) is 16.4. The number of pyridine rings is 1. The van der Waals surface area contributed by atoms with Crippen molar-refractivity contribution in [3.63, 3.8) is 0 Å². The van der Waals surface area contributed by atoms with Gasteiger partial charge < -0.3 is 10.2 Å². The summed E-state index contributed by atoms with van der Waals surface area (Å²) in [6.45, 7) is 5.53. The van der Waals surface area contributed by atoms with Gasteiger partial charge in [0.25, 0.3) is 5.91 Å². The van der Waals surface area contributed by atoms with Gasteiger partial charge in [0.15, 0.2) is 5.82 Å². The molecule has 23 heavy (non-hydrogen) atoms. The first kappa shape index (κ1) is 15.3. The zero-order valence-electron chi connectivity index (χ0n) is 13.1. The van der Waals surface area contributed by atoms with Crippen LogP contribution in [0.5, 0.6) is 0 Å². The molecule has 0 saturated carbocycles. The van der Waals surface area contributed by atoms with Gasteiger partial charge in [-0.05, 0) is 32.8 Å². The van der Waals surface area contributed by atoms with Crippen LogP contribution < -0.4 is 10.2 Å². The third-order valence-electron chi connectivity index (χ3n) is 3.90. The largest absolute Gasteiger partial charge is 0.341 e. The molecule has 3 heterocycles. The molecule has 0 spiro atoms. The Balaban J connectivity index is 1.85. The van der Waals surface area contributed by atoms with Gasteiger partial charge >= 0.3 is 0 Å². The van der Waals surface area contributed by atoms with Gasteiger partial charge in [-0.15, -0.1) is 0 Å². The minimum absolute atomic E-state index is 0.0533. The van der Waals surface area contributed by atoms with Crippen molar-refractivity contribution in [1.82, 2.24) is 15.0 Å². The summed E-state index contributed by atoms with van der Waals surface area (Å²) < 4.78 is 13.7. The summed E-state index contributed by atoms with van der Waals surface area (Å²) in [6, 6.07) is 1.34. The maximum Gasteiger partial charge on any atom is 0.258 e. The van der Waals surface area contributed by atoms with Gasteiger partial charge in [0.1, 0.15) is 0 Å². The van der Waals surface area contributed by atoms with E-state index in [1.807, 2.05) is 13.8 Å². The smallest absolute Gasteiger partial charge is 0.258 e. The van der Waals surface area contributed by atoms with E-state index in [0.29, 0.717) is 23.0 Å². The van der Waals surface area contributed by atoms with Crippen LogP contribution in [0.3, 0.4) is 0 Å². The van der Waals surface area contributed by atoms with E-state index in [9.17, 15) is 9.18 Å². The predicted molar refractivity (Wildman–Crippen MR) is 85.1 cm³/mol. The van der Waals surface area contributed by atoms with Crippen LogP contribution in [-0.4, -0.2) is 33.9 Å². The van der Waals surface area contributed by atoms with Crippen LogP contribution in [0.15, 0.2) is 18.5 Å². The van der Waals surface area contributed by atoms with Gasteiger partial charge in [-0.3, -0.25) is 9.78 Å². The Labute approximate surface area is 133 Å². The van der Waals surface area contributed by atoms with E-state index in [2.05, 4.69) is 25.2 Å². The summed E-state index contributed by atoms with van der Waals surface area (Å²) in [4.78, 5) is 27.0. The first-order chi connectivity index (χ1) is 11.1. The third-order valence-corrected chi connectivity index (χ3v) is 3.90. The Bertz CT molecular complexity index is 720. The van der Waals surface area contributed by atoms with E-state index in [-0.39, 0.29) is 5.56 Å². The second-order valence-corrected chi connectivity index (χ2v) is 5.57. The van der Waals surface area contributed by atoms with E-state index in [1.165, 1.54) is 12.3 Å². The minimum atomic E-state index is -0.657. The number of carbonyl (C=O) groups excluding carboxylic acids is 1. The highest BCUT2D eigenvalue weighted by molar-refractivity contribution is 6.04. The number of halogens is 1. The molecule has 6 nitrogen and oxygen atoms in total. The number of aryl methyl sites for hydroxylation is 2. The molecule has 1 saturated heterocycles. The lowest BCUT2D eigenvalue weighted by Gasteiger charge is -2.18. The second-order valence-electron chi connectivity index (χ2n) is 5.57. The van der Waals surface area contributed by atoms with Crippen LogP contribution in [0.25, 0.3) is 0 Å².